The van der Waals surface area contributed by atoms with E-state index in [0.29, 0.717) is 6.54 Å². The van der Waals surface area contributed by atoms with Crippen molar-refractivity contribution in [2.24, 2.45) is 0 Å². The fourth-order valence-corrected chi connectivity index (χ4v) is 3.03. The van der Waals surface area contributed by atoms with Gasteiger partial charge in [0.05, 0.1) is 5.52 Å². The van der Waals surface area contributed by atoms with Crippen molar-refractivity contribution in [3.63, 3.8) is 0 Å². The lowest BCUT2D eigenvalue weighted by Crippen LogP contribution is -2.35. The molecule has 0 spiro atoms. The number of benzene rings is 2. The molecule has 2 aromatic carbocycles. The van der Waals surface area contributed by atoms with E-state index in [1.807, 2.05) is 48.5 Å². The second-order valence-electron chi connectivity index (χ2n) is 5.62. The van der Waals surface area contributed by atoms with E-state index in [1.165, 1.54) is 5.56 Å². The van der Waals surface area contributed by atoms with Crippen LogP contribution in [0.25, 0.3) is 10.9 Å². The number of anilines is 2. The normalized spacial score (nSPS) is 17.0. The number of aromatic nitrogens is 2. The molecule has 4 rings (SSSR count). The van der Waals surface area contributed by atoms with Gasteiger partial charge in [-0.15, -0.1) is 0 Å². The van der Waals surface area contributed by atoms with E-state index in [4.69, 9.17) is 5.73 Å². The zero-order valence-corrected chi connectivity index (χ0v) is 12.0. The minimum absolute atomic E-state index is 0.207. The molecule has 2 heterocycles. The highest BCUT2D eigenvalue weighted by Gasteiger charge is 2.22. The highest BCUT2D eigenvalue weighted by atomic mass is 16.1. The van der Waals surface area contributed by atoms with Crippen LogP contribution in [0.1, 0.15) is 11.5 Å². The van der Waals surface area contributed by atoms with Crippen LogP contribution in [0.15, 0.2) is 53.3 Å². The molecule has 0 amide bonds. The first-order valence-corrected chi connectivity index (χ1v) is 7.31. The summed E-state index contributed by atoms with van der Waals surface area (Å²) >= 11 is 0. The summed E-state index contributed by atoms with van der Waals surface area (Å²) in [6, 6.07) is 15.5. The predicted molar refractivity (Wildman–Crippen MR) is 88.1 cm³/mol. The Morgan fingerprint density at radius 2 is 1.91 bits per heavy atom. The van der Waals surface area contributed by atoms with Crippen molar-refractivity contribution in [1.82, 2.24) is 9.55 Å². The van der Waals surface area contributed by atoms with Crippen molar-refractivity contribution >= 4 is 22.4 Å². The van der Waals surface area contributed by atoms with Gasteiger partial charge in [0, 0.05) is 30.1 Å². The zero-order valence-electron chi connectivity index (χ0n) is 12.0. The standard InChI is InChI=1S/C17H16N4O/c18-13-7-5-11(6-8-13)12-9-19-16-14-3-1-2-4-15(14)20-17(22)21(16)10-12/h1-8,12,19H,9-10,18H2/t12-/m0/s1. The number of para-hydroxylation sites is 1. The van der Waals surface area contributed by atoms with Crippen LogP contribution in [0.5, 0.6) is 0 Å². The van der Waals surface area contributed by atoms with E-state index in [0.717, 1.165) is 29.0 Å². The summed E-state index contributed by atoms with van der Waals surface area (Å²) in [6.45, 7) is 1.42. The molecule has 110 valence electrons. The maximum absolute atomic E-state index is 12.3. The number of hydrogen-bond donors (Lipinski definition) is 2. The average Bonchev–Trinajstić information content (AvgIpc) is 2.55. The minimum Gasteiger partial charge on any atom is -0.399 e. The smallest absolute Gasteiger partial charge is 0.349 e. The molecular weight excluding hydrogens is 276 g/mol. The van der Waals surface area contributed by atoms with Gasteiger partial charge in [-0.25, -0.2) is 4.79 Å². The summed E-state index contributed by atoms with van der Waals surface area (Å²) in [5, 5.41) is 4.39. The molecule has 3 aromatic rings. The molecule has 22 heavy (non-hydrogen) atoms. The van der Waals surface area contributed by atoms with Gasteiger partial charge in [0.15, 0.2) is 0 Å². The molecule has 1 aliphatic rings. The minimum atomic E-state index is -0.207. The molecule has 0 aliphatic carbocycles. The number of nitrogens with one attached hydrogen (secondary N) is 1. The van der Waals surface area contributed by atoms with Crippen molar-refractivity contribution in [2.45, 2.75) is 12.5 Å². The number of nitrogens with two attached hydrogens (primary N) is 1. The highest BCUT2D eigenvalue weighted by molar-refractivity contribution is 5.89. The first kappa shape index (κ1) is 12.9. The first-order chi connectivity index (χ1) is 10.7. The van der Waals surface area contributed by atoms with Gasteiger partial charge in [0.1, 0.15) is 5.82 Å². The molecule has 0 radical (unpaired) electrons. The molecule has 0 bridgehead atoms. The Labute approximate surface area is 127 Å². The maximum Gasteiger partial charge on any atom is 0.349 e. The Hall–Kier alpha value is -2.82. The number of nitrogens with zero attached hydrogens (tertiary/aromatic N) is 2. The summed E-state index contributed by atoms with van der Waals surface area (Å²) in [6.07, 6.45) is 0. The van der Waals surface area contributed by atoms with Crippen molar-refractivity contribution in [1.29, 1.82) is 0 Å². The number of hydrogen-bond acceptors (Lipinski definition) is 4. The van der Waals surface area contributed by atoms with E-state index >= 15 is 0 Å². The lowest BCUT2D eigenvalue weighted by molar-refractivity contribution is 0.530. The lowest BCUT2D eigenvalue weighted by atomic mass is 9.97. The molecule has 3 N–H and O–H groups in total. The third-order valence-corrected chi connectivity index (χ3v) is 4.20. The Morgan fingerprint density at radius 1 is 1.14 bits per heavy atom. The number of nitrogen functional groups attached to an aromatic ring is 1. The van der Waals surface area contributed by atoms with E-state index in [1.54, 1.807) is 4.57 Å². The lowest BCUT2D eigenvalue weighted by Gasteiger charge is -2.28. The van der Waals surface area contributed by atoms with Gasteiger partial charge in [-0.3, -0.25) is 4.57 Å². The first-order valence-electron chi connectivity index (χ1n) is 7.31. The molecule has 1 aliphatic heterocycles. The van der Waals surface area contributed by atoms with Crippen LogP contribution < -0.4 is 16.7 Å². The van der Waals surface area contributed by atoms with Gasteiger partial charge in [-0.1, -0.05) is 24.3 Å². The van der Waals surface area contributed by atoms with Gasteiger partial charge in [-0.2, -0.15) is 4.98 Å². The topological polar surface area (TPSA) is 72.9 Å². The molecule has 5 nitrogen and oxygen atoms in total. The summed E-state index contributed by atoms with van der Waals surface area (Å²) in [4.78, 5) is 16.5. The molecule has 0 saturated carbocycles. The van der Waals surface area contributed by atoms with E-state index in [2.05, 4.69) is 10.3 Å². The van der Waals surface area contributed by atoms with Crippen LogP contribution >= 0.6 is 0 Å². The largest absolute Gasteiger partial charge is 0.399 e. The van der Waals surface area contributed by atoms with Crippen LogP contribution in [0.2, 0.25) is 0 Å². The second-order valence-corrected chi connectivity index (χ2v) is 5.62. The maximum atomic E-state index is 12.3. The molecule has 1 aromatic heterocycles. The van der Waals surface area contributed by atoms with Gasteiger partial charge >= 0.3 is 5.69 Å². The van der Waals surface area contributed by atoms with Gasteiger partial charge in [-0.05, 0) is 29.8 Å². The second kappa shape index (κ2) is 4.87. The third kappa shape index (κ3) is 2.02. The SMILES string of the molecule is Nc1ccc([C@H]2CNc3c4ccccc4nc(=O)n3C2)cc1. The van der Waals surface area contributed by atoms with E-state index < -0.39 is 0 Å². The van der Waals surface area contributed by atoms with E-state index in [9.17, 15) is 4.79 Å². The molecule has 1 atom stereocenters. The monoisotopic (exact) mass is 292 g/mol. The molecule has 0 saturated heterocycles. The third-order valence-electron chi connectivity index (χ3n) is 4.20. The van der Waals surface area contributed by atoms with Gasteiger partial charge < -0.3 is 11.1 Å². The van der Waals surface area contributed by atoms with E-state index in [-0.39, 0.29) is 11.6 Å². The van der Waals surface area contributed by atoms with Crippen LogP contribution in [-0.4, -0.2) is 16.1 Å². The highest BCUT2D eigenvalue weighted by Crippen LogP contribution is 2.28. The van der Waals surface area contributed by atoms with Crippen molar-refractivity contribution in [2.75, 3.05) is 17.6 Å². The molecule has 0 unspecified atom stereocenters. The zero-order chi connectivity index (χ0) is 15.1. The van der Waals surface area contributed by atoms with Crippen LogP contribution in [0.3, 0.4) is 0 Å². The Bertz CT molecular complexity index is 899. The average molecular weight is 292 g/mol. The van der Waals surface area contributed by atoms with Gasteiger partial charge in [0.25, 0.3) is 0 Å². The molecule has 0 fully saturated rings. The Kier molecular flexibility index (Phi) is 2.85. The van der Waals surface area contributed by atoms with Crippen LogP contribution in [-0.2, 0) is 6.54 Å². The quantitative estimate of drug-likeness (QED) is 0.674. The fourth-order valence-electron chi connectivity index (χ4n) is 3.03. The van der Waals surface area contributed by atoms with Crippen molar-refractivity contribution < 1.29 is 0 Å². The van der Waals surface area contributed by atoms with Crippen molar-refractivity contribution in [3.05, 3.63) is 64.6 Å². The predicted octanol–water partition coefficient (Wildman–Crippen LogP) is 2.19. The summed E-state index contributed by atoms with van der Waals surface area (Å²) in [5.41, 5.74) is 8.19. The fraction of sp³-hybridized carbons (Fsp3) is 0.176. The van der Waals surface area contributed by atoms with Crippen molar-refractivity contribution in [3.8, 4) is 0 Å². The van der Waals surface area contributed by atoms with Crippen LogP contribution in [0.4, 0.5) is 11.5 Å². The Morgan fingerprint density at radius 3 is 2.73 bits per heavy atom. The summed E-state index contributed by atoms with van der Waals surface area (Å²) in [5.74, 6) is 1.09. The molecular formula is C17H16N4O. The number of fused-ring (bicyclic) bond motifs is 3. The van der Waals surface area contributed by atoms with Crippen LogP contribution in [0, 0.1) is 0 Å². The summed E-state index contributed by atoms with van der Waals surface area (Å²) in [7, 11) is 0. The number of rotatable bonds is 1. The van der Waals surface area contributed by atoms with Gasteiger partial charge in [0.2, 0.25) is 0 Å². The summed E-state index contributed by atoms with van der Waals surface area (Å²) < 4.78 is 1.73. The Balaban J connectivity index is 1.79. The molecule has 5 heteroatoms.